The maximum Gasteiger partial charge on any atom is 0.335 e. The molecule has 1 unspecified atom stereocenters. The lowest BCUT2D eigenvalue weighted by Crippen LogP contribution is -2.11. The van der Waals surface area contributed by atoms with Crippen molar-refractivity contribution >= 4 is 27.2 Å². The van der Waals surface area contributed by atoms with Gasteiger partial charge in [-0.2, -0.15) is 0 Å². The number of sulfone groups is 1. The van der Waals surface area contributed by atoms with Gasteiger partial charge in [-0.25, -0.2) is 13.2 Å². The van der Waals surface area contributed by atoms with E-state index < -0.39 is 15.8 Å². The minimum absolute atomic E-state index is 0.0483. The van der Waals surface area contributed by atoms with Gasteiger partial charge in [0.1, 0.15) is 5.78 Å². The monoisotopic (exact) mass is 374 g/mol. The Morgan fingerprint density at radius 1 is 1.12 bits per heavy atom. The molecule has 1 atom stereocenters. The number of benzene rings is 1. The van der Waals surface area contributed by atoms with E-state index >= 15 is 0 Å². The highest BCUT2D eigenvalue weighted by atomic mass is 32.2. The van der Waals surface area contributed by atoms with Crippen molar-refractivity contribution in [2.75, 3.05) is 0 Å². The SMILES string of the molecule is O=C1CCC(C=C(C(=O)O)c2ccc(S(=O)(=O)C3CC3)c(C3CC3)c2)C1. The summed E-state index contributed by atoms with van der Waals surface area (Å²) in [5.74, 6) is -0.709. The number of Topliss-reactive ketones (excluding diaryl/α,β-unsaturated/α-hetero) is 1. The maximum atomic E-state index is 12.7. The lowest BCUT2D eigenvalue weighted by Gasteiger charge is -2.13. The van der Waals surface area contributed by atoms with Gasteiger partial charge in [-0.05, 0) is 67.2 Å². The number of carboxylic acid groups (broad SMARTS) is 1. The highest BCUT2D eigenvalue weighted by molar-refractivity contribution is 7.92. The summed E-state index contributed by atoms with van der Waals surface area (Å²) < 4.78 is 25.4. The minimum atomic E-state index is -3.31. The normalized spacial score (nSPS) is 24.1. The van der Waals surface area contributed by atoms with Gasteiger partial charge in [-0.15, -0.1) is 0 Å². The molecule has 6 heteroatoms. The van der Waals surface area contributed by atoms with E-state index in [2.05, 4.69) is 0 Å². The van der Waals surface area contributed by atoms with Gasteiger partial charge in [0.15, 0.2) is 9.84 Å². The molecule has 1 aromatic rings. The molecule has 1 N–H and O–H groups in total. The number of carboxylic acids is 1. The van der Waals surface area contributed by atoms with Crippen molar-refractivity contribution in [2.45, 2.75) is 61.0 Å². The van der Waals surface area contributed by atoms with Gasteiger partial charge in [0, 0.05) is 12.8 Å². The Morgan fingerprint density at radius 3 is 2.38 bits per heavy atom. The summed E-state index contributed by atoms with van der Waals surface area (Å²) in [6, 6.07) is 4.95. The van der Waals surface area contributed by atoms with Crippen molar-refractivity contribution in [1.82, 2.24) is 0 Å². The molecule has 0 saturated heterocycles. The fourth-order valence-corrected chi connectivity index (χ4v) is 5.69. The molecule has 0 bridgehead atoms. The van der Waals surface area contributed by atoms with Crippen molar-refractivity contribution in [3.63, 3.8) is 0 Å². The summed E-state index contributed by atoms with van der Waals surface area (Å²) in [7, 11) is -3.31. The van der Waals surface area contributed by atoms with E-state index in [1.807, 2.05) is 0 Å². The molecule has 1 aromatic carbocycles. The molecule has 3 aliphatic carbocycles. The molecule has 5 nitrogen and oxygen atoms in total. The number of hydrogen-bond donors (Lipinski definition) is 1. The fourth-order valence-electron chi connectivity index (χ4n) is 3.76. The smallest absolute Gasteiger partial charge is 0.335 e. The lowest BCUT2D eigenvalue weighted by molar-refractivity contribution is -0.130. The van der Waals surface area contributed by atoms with Gasteiger partial charge in [-0.1, -0.05) is 12.1 Å². The zero-order chi connectivity index (χ0) is 18.5. The van der Waals surface area contributed by atoms with Crippen LogP contribution in [0.2, 0.25) is 0 Å². The molecule has 26 heavy (non-hydrogen) atoms. The number of aliphatic carboxylic acids is 1. The third kappa shape index (κ3) is 3.34. The molecule has 3 saturated carbocycles. The van der Waals surface area contributed by atoms with Crippen LogP contribution in [-0.4, -0.2) is 30.5 Å². The first kappa shape index (κ1) is 17.5. The van der Waals surface area contributed by atoms with E-state index in [1.165, 1.54) is 0 Å². The van der Waals surface area contributed by atoms with Crippen molar-refractivity contribution in [3.8, 4) is 0 Å². The number of carbonyl (C=O) groups is 2. The van der Waals surface area contributed by atoms with E-state index in [1.54, 1.807) is 24.3 Å². The van der Waals surface area contributed by atoms with Crippen molar-refractivity contribution in [1.29, 1.82) is 0 Å². The van der Waals surface area contributed by atoms with E-state index in [9.17, 15) is 23.1 Å². The quantitative estimate of drug-likeness (QED) is 0.772. The first-order valence-electron chi connectivity index (χ1n) is 9.21. The average Bonchev–Trinajstić information content (AvgIpc) is 3.49. The second kappa shape index (κ2) is 6.34. The fraction of sp³-hybridized carbons (Fsp3) is 0.500. The Kier molecular flexibility index (Phi) is 4.26. The summed E-state index contributed by atoms with van der Waals surface area (Å²) in [6.45, 7) is 0. The van der Waals surface area contributed by atoms with Gasteiger partial charge in [0.2, 0.25) is 0 Å². The molecule has 0 radical (unpaired) electrons. The summed E-state index contributed by atoms with van der Waals surface area (Å²) in [5.41, 5.74) is 1.47. The van der Waals surface area contributed by atoms with E-state index in [0.29, 0.717) is 42.6 Å². The third-order valence-corrected chi connectivity index (χ3v) is 7.86. The van der Waals surface area contributed by atoms with Gasteiger partial charge in [0.25, 0.3) is 0 Å². The van der Waals surface area contributed by atoms with Crippen LogP contribution in [0.1, 0.15) is 62.0 Å². The molecule has 3 fully saturated rings. The summed E-state index contributed by atoms with van der Waals surface area (Å²) in [6.07, 6.45) is 6.56. The lowest BCUT2D eigenvalue weighted by atomic mass is 9.96. The topological polar surface area (TPSA) is 88.5 Å². The molecular formula is C20H22O5S. The first-order chi connectivity index (χ1) is 12.4. The van der Waals surface area contributed by atoms with Gasteiger partial charge in [0.05, 0.1) is 15.7 Å². The van der Waals surface area contributed by atoms with Crippen LogP contribution in [0.4, 0.5) is 0 Å². The number of allylic oxidation sites excluding steroid dienone is 1. The molecule has 4 rings (SSSR count). The van der Waals surface area contributed by atoms with Gasteiger partial charge < -0.3 is 5.11 Å². The van der Waals surface area contributed by atoms with E-state index in [0.717, 1.165) is 18.4 Å². The van der Waals surface area contributed by atoms with Crippen LogP contribution in [-0.2, 0) is 19.4 Å². The highest BCUT2D eigenvalue weighted by Crippen LogP contribution is 2.46. The van der Waals surface area contributed by atoms with Gasteiger partial charge >= 0.3 is 5.97 Å². The first-order valence-corrected chi connectivity index (χ1v) is 10.8. The zero-order valence-electron chi connectivity index (χ0n) is 14.5. The predicted octanol–water partition coefficient (Wildman–Crippen LogP) is 3.34. The van der Waals surface area contributed by atoms with Gasteiger partial charge in [-0.3, -0.25) is 4.79 Å². The number of ketones is 1. The number of carbonyl (C=O) groups excluding carboxylic acids is 1. The predicted molar refractivity (Wildman–Crippen MR) is 96.6 cm³/mol. The van der Waals surface area contributed by atoms with Crippen LogP contribution < -0.4 is 0 Å². The Bertz CT molecular complexity index is 904. The Hall–Kier alpha value is -1.95. The van der Waals surface area contributed by atoms with Crippen molar-refractivity contribution in [2.24, 2.45) is 5.92 Å². The van der Waals surface area contributed by atoms with Crippen LogP contribution >= 0.6 is 0 Å². The molecule has 0 spiro atoms. The van der Waals surface area contributed by atoms with Crippen LogP contribution in [0, 0.1) is 5.92 Å². The Morgan fingerprint density at radius 2 is 1.85 bits per heavy atom. The Labute approximate surface area is 153 Å². The summed E-state index contributed by atoms with van der Waals surface area (Å²) >= 11 is 0. The minimum Gasteiger partial charge on any atom is -0.478 e. The highest BCUT2D eigenvalue weighted by Gasteiger charge is 2.40. The van der Waals surface area contributed by atoms with E-state index in [4.69, 9.17) is 0 Å². The molecular weight excluding hydrogens is 352 g/mol. The van der Waals surface area contributed by atoms with Crippen LogP contribution in [0.15, 0.2) is 29.2 Å². The second-order valence-electron chi connectivity index (χ2n) is 7.70. The third-order valence-electron chi connectivity index (χ3n) is 5.52. The van der Waals surface area contributed by atoms with Crippen LogP contribution in [0.3, 0.4) is 0 Å². The average molecular weight is 374 g/mol. The summed E-state index contributed by atoms with van der Waals surface area (Å²) in [4.78, 5) is 23.7. The van der Waals surface area contributed by atoms with E-state index in [-0.39, 0.29) is 28.4 Å². The largest absolute Gasteiger partial charge is 0.478 e. The summed E-state index contributed by atoms with van der Waals surface area (Å²) in [5, 5.41) is 9.38. The standard InChI is InChI=1S/C20H22O5S/c21-15-5-1-12(9-15)10-18(20(22)23)14-4-8-19(17(11-14)13-2-3-13)26(24,25)16-6-7-16/h4,8,10-13,16H,1-3,5-7,9H2,(H,22,23). The molecule has 0 heterocycles. The molecule has 3 aliphatic rings. The molecule has 0 aliphatic heterocycles. The zero-order valence-corrected chi connectivity index (χ0v) is 15.3. The molecule has 0 amide bonds. The van der Waals surface area contributed by atoms with Crippen molar-refractivity contribution in [3.05, 3.63) is 35.4 Å². The molecule has 138 valence electrons. The van der Waals surface area contributed by atoms with Crippen LogP contribution in [0.25, 0.3) is 5.57 Å². The number of hydrogen-bond acceptors (Lipinski definition) is 4. The Balaban J connectivity index is 1.74. The molecule has 0 aromatic heterocycles. The maximum absolute atomic E-state index is 12.7. The van der Waals surface area contributed by atoms with Crippen LogP contribution in [0.5, 0.6) is 0 Å². The second-order valence-corrected chi connectivity index (χ2v) is 9.89. The number of rotatable bonds is 6. The van der Waals surface area contributed by atoms with Crippen molar-refractivity contribution < 1.29 is 23.1 Å².